The molecule has 2 aromatic carbocycles. The highest BCUT2D eigenvalue weighted by Crippen LogP contribution is 2.33. The molecule has 1 amide bonds. The number of imidazole rings is 1. The van der Waals surface area contributed by atoms with Gasteiger partial charge in [0.2, 0.25) is 0 Å². The van der Waals surface area contributed by atoms with Crippen molar-refractivity contribution in [2.24, 2.45) is 0 Å². The number of aromatic nitrogens is 4. The number of hydrogen-bond donors (Lipinski definition) is 3. The molecule has 5 rings (SSSR count). The molecule has 5 aromatic rings. The molecule has 37 heavy (non-hydrogen) atoms. The molecule has 188 valence electrons. The molecule has 0 aliphatic rings. The van der Waals surface area contributed by atoms with Crippen LogP contribution in [-0.2, 0) is 12.7 Å². The van der Waals surface area contributed by atoms with E-state index in [1.807, 2.05) is 31.3 Å². The highest BCUT2D eigenvalue weighted by Gasteiger charge is 2.31. The number of carbonyl (C=O) groups excluding carboxylic acids is 1. The van der Waals surface area contributed by atoms with Crippen LogP contribution in [0.1, 0.15) is 32.7 Å². The van der Waals surface area contributed by atoms with Gasteiger partial charge in [-0.25, -0.2) is 9.97 Å². The van der Waals surface area contributed by atoms with Gasteiger partial charge in [-0.3, -0.25) is 4.79 Å². The quantitative estimate of drug-likeness (QED) is 0.255. The third-order valence-electron chi connectivity index (χ3n) is 6.01. The summed E-state index contributed by atoms with van der Waals surface area (Å²) in [6, 6.07) is 12.5. The van der Waals surface area contributed by atoms with Gasteiger partial charge in [0, 0.05) is 41.3 Å². The highest BCUT2D eigenvalue weighted by molar-refractivity contribution is 6.04. The standard InChI is InChI=1S/C27H23F3N6O/c1-16-3-4-19(7-20(16)12-32-23-8-18-5-6-31-25(18)33-13-23)26(37)35-22-9-21(27(28,29)30)10-24(11-22)36-14-17(2)34-15-36/h3-11,13-15,32H,12H2,1-2H3,(H,31,33)(H,35,37). The van der Waals surface area contributed by atoms with E-state index in [9.17, 15) is 18.0 Å². The minimum atomic E-state index is -4.58. The normalized spacial score (nSPS) is 11.6. The van der Waals surface area contributed by atoms with Gasteiger partial charge < -0.3 is 20.2 Å². The molecular weight excluding hydrogens is 481 g/mol. The first-order valence-corrected chi connectivity index (χ1v) is 11.5. The Balaban J connectivity index is 1.37. The van der Waals surface area contributed by atoms with Gasteiger partial charge in [0.25, 0.3) is 5.91 Å². The van der Waals surface area contributed by atoms with Crippen LogP contribution in [0, 0.1) is 13.8 Å². The van der Waals surface area contributed by atoms with Crippen molar-refractivity contribution in [1.29, 1.82) is 0 Å². The predicted molar refractivity (Wildman–Crippen MR) is 136 cm³/mol. The van der Waals surface area contributed by atoms with Gasteiger partial charge >= 0.3 is 6.18 Å². The molecule has 0 saturated heterocycles. The average molecular weight is 505 g/mol. The molecule has 0 spiro atoms. The number of anilines is 2. The Morgan fingerprint density at radius 1 is 1.03 bits per heavy atom. The number of carbonyl (C=O) groups is 1. The second-order valence-electron chi connectivity index (χ2n) is 8.78. The summed E-state index contributed by atoms with van der Waals surface area (Å²) in [7, 11) is 0. The monoisotopic (exact) mass is 504 g/mol. The molecule has 3 heterocycles. The number of aryl methyl sites for hydroxylation is 2. The Morgan fingerprint density at radius 2 is 1.86 bits per heavy atom. The number of aromatic amines is 1. The van der Waals surface area contributed by atoms with Crippen molar-refractivity contribution in [1.82, 2.24) is 19.5 Å². The number of pyridine rings is 1. The molecule has 7 nitrogen and oxygen atoms in total. The lowest BCUT2D eigenvalue weighted by Crippen LogP contribution is -2.15. The van der Waals surface area contributed by atoms with Gasteiger partial charge in [0.15, 0.2) is 0 Å². The number of rotatable bonds is 6. The van der Waals surface area contributed by atoms with Crippen LogP contribution in [0.5, 0.6) is 0 Å². The lowest BCUT2D eigenvalue weighted by Gasteiger charge is -2.14. The Labute approximate surface area is 210 Å². The Hall–Kier alpha value is -4.60. The first kappa shape index (κ1) is 24.1. The van der Waals surface area contributed by atoms with Gasteiger partial charge in [0.1, 0.15) is 5.65 Å². The van der Waals surface area contributed by atoms with E-state index in [0.717, 1.165) is 40.0 Å². The van der Waals surface area contributed by atoms with Crippen LogP contribution >= 0.6 is 0 Å². The second kappa shape index (κ2) is 9.45. The SMILES string of the molecule is Cc1cn(-c2cc(NC(=O)c3ccc(C)c(CNc4cnc5[nH]ccc5c4)c3)cc(C(F)(F)F)c2)cn1. The molecule has 0 atom stereocenters. The maximum Gasteiger partial charge on any atom is 0.416 e. The summed E-state index contributed by atoms with van der Waals surface area (Å²) in [6.45, 7) is 4.11. The largest absolute Gasteiger partial charge is 0.416 e. The van der Waals surface area contributed by atoms with Crippen LogP contribution in [0.4, 0.5) is 24.5 Å². The first-order valence-electron chi connectivity index (χ1n) is 11.5. The molecule has 0 aliphatic heterocycles. The summed E-state index contributed by atoms with van der Waals surface area (Å²) in [4.78, 5) is 24.5. The number of halogens is 3. The maximum absolute atomic E-state index is 13.6. The molecule has 0 unspecified atom stereocenters. The fourth-order valence-corrected chi connectivity index (χ4v) is 4.00. The van der Waals surface area contributed by atoms with Gasteiger partial charge in [-0.1, -0.05) is 6.07 Å². The number of nitrogens with one attached hydrogen (secondary N) is 3. The highest BCUT2D eigenvalue weighted by atomic mass is 19.4. The maximum atomic E-state index is 13.6. The summed E-state index contributed by atoms with van der Waals surface area (Å²) in [5.74, 6) is -0.510. The summed E-state index contributed by atoms with van der Waals surface area (Å²) in [6.07, 6.45) is 2.00. The fraction of sp³-hybridized carbons (Fsp3) is 0.148. The molecule has 0 aliphatic carbocycles. The minimum absolute atomic E-state index is 0.0345. The molecule has 0 fully saturated rings. The van der Waals surface area contributed by atoms with E-state index in [0.29, 0.717) is 17.8 Å². The smallest absolute Gasteiger partial charge is 0.380 e. The van der Waals surface area contributed by atoms with E-state index >= 15 is 0 Å². The van der Waals surface area contributed by atoms with Crippen molar-refractivity contribution in [3.05, 3.63) is 101 Å². The number of hydrogen-bond acceptors (Lipinski definition) is 4. The van der Waals surface area contributed by atoms with Crippen molar-refractivity contribution in [3.8, 4) is 5.69 Å². The number of alkyl halides is 3. The van der Waals surface area contributed by atoms with Gasteiger partial charge in [-0.2, -0.15) is 13.2 Å². The molecule has 0 saturated carbocycles. The fourth-order valence-electron chi connectivity index (χ4n) is 4.00. The second-order valence-corrected chi connectivity index (χ2v) is 8.78. The summed E-state index contributed by atoms with van der Waals surface area (Å²) >= 11 is 0. The molecular formula is C27H23F3N6O. The molecule has 0 bridgehead atoms. The van der Waals surface area contributed by atoms with E-state index < -0.39 is 17.6 Å². The van der Waals surface area contributed by atoms with Crippen LogP contribution in [0.25, 0.3) is 16.7 Å². The van der Waals surface area contributed by atoms with Gasteiger partial charge in [0.05, 0.1) is 29.5 Å². The number of nitrogens with zero attached hydrogens (tertiary/aromatic N) is 3. The van der Waals surface area contributed by atoms with Crippen LogP contribution < -0.4 is 10.6 Å². The van der Waals surface area contributed by atoms with Gasteiger partial charge in [-0.15, -0.1) is 0 Å². The van der Waals surface area contributed by atoms with Crippen molar-refractivity contribution in [2.45, 2.75) is 26.6 Å². The number of H-pyrrole nitrogens is 1. The van der Waals surface area contributed by atoms with E-state index in [1.165, 1.54) is 17.0 Å². The number of fused-ring (bicyclic) bond motifs is 1. The minimum Gasteiger partial charge on any atom is -0.380 e. The zero-order chi connectivity index (χ0) is 26.2. The Bertz CT molecular complexity index is 1600. The summed E-state index contributed by atoms with van der Waals surface area (Å²) < 4.78 is 42.2. The van der Waals surface area contributed by atoms with Crippen LogP contribution in [0.15, 0.2) is 73.4 Å². The zero-order valence-corrected chi connectivity index (χ0v) is 20.0. The van der Waals surface area contributed by atoms with Crippen LogP contribution in [0.3, 0.4) is 0 Å². The number of benzene rings is 2. The van der Waals surface area contributed by atoms with Crippen LogP contribution in [0.2, 0.25) is 0 Å². The molecule has 3 aromatic heterocycles. The number of amides is 1. The molecule has 10 heteroatoms. The molecule has 3 N–H and O–H groups in total. The lowest BCUT2D eigenvalue weighted by atomic mass is 10.0. The summed E-state index contributed by atoms with van der Waals surface area (Å²) in [5, 5.41) is 6.90. The summed E-state index contributed by atoms with van der Waals surface area (Å²) in [5.41, 5.74) is 3.87. The first-order chi connectivity index (χ1) is 17.7. The van der Waals surface area contributed by atoms with Crippen molar-refractivity contribution in [2.75, 3.05) is 10.6 Å². The van der Waals surface area contributed by atoms with E-state index in [2.05, 4.69) is 25.6 Å². The van der Waals surface area contributed by atoms with Crippen molar-refractivity contribution in [3.63, 3.8) is 0 Å². The zero-order valence-electron chi connectivity index (χ0n) is 20.0. The Morgan fingerprint density at radius 3 is 2.62 bits per heavy atom. The average Bonchev–Trinajstić information content (AvgIpc) is 3.51. The third-order valence-corrected chi connectivity index (χ3v) is 6.01. The van der Waals surface area contributed by atoms with E-state index in [1.54, 1.807) is 31.5 Å². The molecule has 0 radical (unpaired) electrons. The van der Waals surface area contributed by atoms with Crippen molar-refractivity contribution < 1.29 is 18.0 Å². The van der Waals surface area contributed by atoms with E-state index in [-0.39, 0.29) is 11.4 Å². The topological polar surface area (TPSA) is 87.6 Å². The van der Waals surface area contributed by atoms with Crippen molar-refractivity contribution >= 4 is 28.3 Å². The van der Waals surface area contributed by atoms with Gasteiger partial charge in [-0.05, 0) is 67.4 Å². The Kier molecular flexibility index (Phi) is 6.16. The van der Waals surface area contributed by atoms with Crippen LogP contribution in [-0.4, -0.2) is 25.4 Å². The van der Waals surface area contributed by atoms with E-state index in [4.69, 9.17) is 0 Å². The third kappa shape index (κ3) is 5.32. The predicted octanol–water partition coefficient (Wildman–Crippen LogP) is 6.25. The lowest BCUT2D eigenvalue weighted by molar-refractivity contribution is -0.137.